The lowest BCUT2D eigenvalue weighted by Gasteiger charge is -2.32. The Labute approximate surface area is 128 Å². The highest BCUT2D eigenvalue weighted by molar-refractivity contribution is 6.01. The zero-order valence-electron chi connectivity index (χ0n) is 12.0. The maximum absolute atomic E-state index is 12.4. The first-order valence-corrected chi connectivity index (χ1v) is 7.37. The number of allylic oxidation sites excluding steroid dienone is 2. The Morgan fingerprint density at radius 2 is 1.86 bits per heavy atom. The summed E-state index contributed by atoms with van der Waals surface area (Å²) in [5.41, 5.74) is 2.37. The van der Waals surface area contributed by atoms with Crippen LogP contribution in [0.2, 0.25) is 0 Å². The SMILES string of the molecule is O=C(O)CC1CC2=C(CC(c3ccccc3)CC2=O)NC1=O. The highest BCUT2D eigenvalue weighted by Crippen LogP contribution is 2.38. The third-order valence-corrected chi connectivity index (χ3v) is 4.37. The van der Waals surface area contributed by atoms with Crippen molar-refractivity contribution in [2.75, 3.05) is 0 Å². The van der Waals surface area contributed by atoms with Crippen molar-refractivity contribution in [3.05, 3.63) is 47.2 Å². The van der Waals surface area contributed by atoms with Gasteiger partial charge in [-0.25, -0.2) is 0 Å². The summed E-state index contributed by atoms with van der Waals surface area (Å²) in [6.45, 7) is 0. The van der Waals surface area contributed by atoms with Crippen molar-refractivity contribution in [2.45, 2.75) is 31.6 Å². The Hall–Kier alpha value is -2.43. The summed E-state index contributed by atoms with van der Waals surface area (Å²) in [5, 5.41) is 11.6. The van der Waals surface area contributed by atoms with Crippen LogP contribution < -0.4 is 5.32 Å². The molecule has 0 radical (unpaired) electrons. The number of aliphatic carboxylic acids is 1. The van der Waals surface area contributed by atoms with Gasteiger partial charge in [0.2, 0.25) is 5.91 Å². The van der Waals surface area contributed by atoms with E-state index in [4.69, 9.17) is 5.11 Å². The van der Waals surface area contributed by atoms with E-state index in [1.807, 2.05) is 30.3 Å². The fourth-order valence-corrected chi connectivity index (χ4v) is 3.25. The third kappa shape index (κ3) is 2.79. The van der Waals surface area contributed by atoms with Gasteiger partial charge in [-0.3, -0.25) is 14.4 Å². The van der Waals surface area contributed by atoms with E-state index in [2.05, 4.69) is 5.32 Å². The van der Waals surface area contributed by atoms with Gasteiger partial charge in [-0.05, 0) is 24.3 Å². The number of Topliss-reactive ketones (excluding diaryl/α,β-unsaturated/α-hetero) is 1. The number of nitrogens with one attached hydrogen (secondary N) is 1. The normalized spacial score (nSPS) is 24.7. The largest absolute Gasteiger partial charge is 0.481 e. The number of benzene rings is 1. The maximum atomic E-state index is 12.4. The number of carbonyl (C=O) groups excluding carboxylic acids is 2. The standard InChI is InChI=1S/C17H17NO4/c19-15-8-11(10-4-2-1-3-5-10)7-14-13(15)6-12(9-16(20)21)17(22)18-14/h1-5,11-12H,6-9H2,(H,18,22)(H,20,21). The first kappa shape index (κ1) is 14.5. The molecule has 1 aromatic carbocycles. The maximum Gasteiger partial charge on any atom is 0.304 e. The average Bonchev–Trinajstić information content (AvgIpc) is 2.49. The number of carboxylic acids is 1. The Kier molecular flexibility index (Phi) is 3.79. The van der Waals surface area contributed by atoms with Crippen molar-refractivity contribution >= 4 is 17.7 Å². The number of rotatable bonds is 3. The third-order valence-electron chi connectivity index (χ3n) is 4.37. The van der Waals surface area contributed by atoms with E-state index in [0.717, 1.165) is 5.56 Å². The summed E-state index contributed by atoms with van der Waals surface area (Å²) in [5.74, 6) is -1.86. The van der Waals surface area contributed by atoms with E-state index < -0.39 is 11.9 Å². The zero-order valence-corrected chi connectivity index (χ0v) is 12.0. The monoisotopic (exact) mass is 299 g/mol. The highest BCUT2D eigenvalue weighted by Gasteiger charge is 2.37. The van der Waals surface area contributed by atoms with Gasteiger partial charge in [-0.2, -0.15) is 0 Å². The Morgan fingerprint density at radius 3 is 2.55 bits per heavy atom. The van der Waals surface area contributed by atoms with Crippen LogP contribution in [0.5, 0.6) is 0 Å². The predicted molar refractivity (Wildman–Crippen MR) is 79.0 cm³/mol. The minimum Gasteiger partial charge on any atom is -0.481 e. The average molecular weight is 299 g/mol. The number of ketones is 1. The smallest absolute Gasteiger partial charge is 0.304 e. The molecule has 0 fully saturated rings. The molecule has 3 rings (SSSR count). The van der Waals surface area contributed by atoms with Crippen molar-refractivity contribution in [3.63, 3.8) is 0 Å². The van der Waals surface area contributed by atoms with Crippen LogP contribution in [0.25, 0.3) is 0 Å². The predicted octanol–water partition coefficient (Wildman–Crippen LogP) is 2.00. The number of amides is 1. The Morgan fingerprint density at radius 1 is 1.14 bits per heavy atom. The first-order valence-electron chi connectivity index (χ1n) is 7.37. The molecule has 1 aliphatic heterocycles. The van der Waals surface area contributed by atoms with Gasteiger partial charge in [-0.1, -0.05) is 30.3 Å². The molecule has 2 N–H and O–H groups in total. The van der Waals surface area contributed by atoms with Crippen LogP contribution in [-0.2, 0) is 14.4 Å². The Balaban J connectivity index is 1.83. The van der Waals surface area contributed by atoms with Crippen molar-refractivity contribution < 1.29 is 19.5 Å². The molecule has 1 heterocycles. The van der Waals surface area contributed by atoms with Gasteiger partial charge in [0, 0.05) is 17.7 Å². The highest BCUT2D eigenvalue weighted by atomic mass is 16.4. The summed E-state index contributed by atoms with van der Waals surface area (Å²) in [4.78, 5) is 35.2. The van der Waals surface area contributed by atoms with E-state index in [0.29, 0.717) is 24.1 Å². The van der Waals surface area contributed by atoms with Crippen molar-refractivity contribution in [1.29, 1.82) is 0 Å². The second kappa shape index (κ2) is 5.75. The number of carbonyl (C=O) groups is 3. The second-order valence-corrected chi connectivity index (χ2v) is 5.88. The molecule has 5 heteroatoms. The molecule has 1 aliphatic carbocycles. The van der Waals surface area contributed by atoms with E-state index in [1.165, 1.54) is 0 Å². The minimum atomic E-state index is -1.02. The molecule has 5 nitrogen and oxygen atoms in total. The summed E-state index contributed by atoms with van der Waals surface area (Å²) in [6.07, 6.45) is 1.04. The van der Waals surface area contributed by atoms with Gasteiger partial charge in [-0.15, -0.1) is 0 Å². The molecule has 2 aliphatic rings. The van der Waals surface area contributed by atoms with E-state index >= 15 is 0 Å². The van der Waals surface area contributed by atoms with Gasteiger partial charge < -0.3 is 10.4 Å². The summed E-state index contributed by atoms with van der Waals surface area (Å²) >= 11 is 0. The van der Waals surface area contributed by atoms with Crippen LogP contribution in [0.3, 0.4) is 0 Å². The van der Waals surface area contributed by atoms with E-state index in [9.17, 15) is 14.4 Å². The topological polar surface area (TPSA) is 83.5 Å². The van der Waals surface area contributed by atoms with Gasteiger partial charge in [0.1, 0.15) is 0 Å². The first-order chi connectivity index (χ1) is 10.5. The molecule has 2 unspecified atom stereocenters. The molecule has 2 atom stereocenters. The van der Waals surface area contributed by atoms with E-state index in [1.54, 1.807) is 0 Å². The number of carboxylic acid groups (broad SMARTS) is 1. The molecule has 0 spiro atoms. The van der Waals surface area contributed by atoms with E-state index in [-0.39, 0.29) is 30.4 Å². The molecule has 0 saturated heterocycles. The van der Waals surface area contributed by atoms with Crippen LogP contribution in [0.1, 0.15) is 37.2 Å². The number of hydrogen-bond acceptors (Lipinski definition) is 3. The fraction of sp³-hybridized carbons (Fsp3) is 0.353. The van der Waals surface area contributed by atoms with Crippen molar-refractivity contribution in [3.8, 4) is 0 Å². The summed E-state index contributed by atoms with van der Waals surface area (Å²) in [6, 6.07) is 9.78. The molecule has 22 heavy (non-hydrogen) atoms. The lowest BCUT2D eigenvalue weighted by molar-refractivity contribution is -0.141. The molecule has 1 aromatic rings. The van der Waals surface area contributed by atoms with Gasteiger partial charge in [0.15, 0.2) is 5.78 Å². The quantitative estimate of drug-likeness (QED) is 0.894. The molecule has 114 valence electrons. The van der Waals surface area contributed by atoms with Gasteiger partial charge in [0.25, 0.3) is 0 Å². The van der Waals surface area contributed by atoms with Gasteiger partial charge >= 0.3 is 5.97 Å². The van der Waals surface area contributed by atoms with Crippen molar-refractivity contribution in [2.24, 2.45) is 5.92 Å². The van der Waals surface area contributed by atoms with Crippen molar-refractivity contribution in [1.82, 2.24) is 5.32 Å². The number of hydrogen-bond donors (Lipinski definition) is 2. The fourth-order valence-electron chi connectivity index (χ4n) is 3.25. The molecular formula is C17H17NO4. The minimum absolute atomic E-state index is 0.0190. The zero-order chi connectivity index (χ0) is 15.7. The molecule has 0 aromatic heterocycles. The molecule has 0 saturated carbocycles. The lowest BCUT2D eigenvalue weighted by atomic mass is 9.77. The molecule has 0 bridgehead atoms. The van der Waals surface area contributed by atoms with Crippen LogP contribution in [0.4, 0.5) is 0 Å². The second-order valence-electron chi connectivity index (χ2n) is 5.88. The molecular weight excluding hydrogens is 282 g/mol. The Bertz CT molecular complexity index is 662. The van der Waals surface area contributed by atoms with Gasteiger partial charge in [0.05, 0.1) is 12.3 Å². The lowest BCUT2D eigenvalue weighted by Crippen LogP contribution is -2.40. The summed E-state index contributed by atoms with van der Waals surface area (Å²) < 4.78 is 0. The van der Waals surface area contributed by atoms with Crippen LogP contribution >= 0.6 is 0 Å². The summed E-state index contributed by atoms with van der Waals surface area (Å²) in [7, 11) is 0. The van der Waals surface area contributed by atoms with Crippen LogP contribution in [0.15, 0.2) is 41.6 Å². The van der Waals surface area contributed by atoms with Crippen LogP contribution in [0, 0.1) is 5.92 Å². The van der Waals surface area contributed by atoms with Crippen LogP contribution in [-0.4, -0.2) is 22.8 Å². The molecule has 1 amide bonds.